The Balaban J connectivity index is 1.59. The third-order valence-corrected chi connectivity index (χ3v) is 5.46. The predicted molar refractivity (Wildman–Crippen MR) is 82.3 cm³/mol. The Morgan fingerprint density at radius 1 is 1.17 bits per heavy atom. The highest BCUT2D eigenvalue weighted by Gasteiger charge is 2.65. The van der Waals surface area contributed by atoms with Crippen LogP contribution in [0.5, 0.6) is 0 Å². The molecule has 4 aliphatic rings. The molecule has 0 spiro atoms. The van der Waals surface area contributed by atoms with Gasteiger partial charge in [0, 0.05) is 12.0 Å². The monoisotopic (exact) mass is 323 g/mol. The molecule has 2 atom stereocenters. The summed E-state index contributed by atoms with van der Waals surface area (Å²) >= 11 is 0. The van der Waals surface area contributed by atoms with E-state index in [1.165, 1.54) is 0 Å². The molecule has 6 nitrogen and oxygen atoms in total. The number of esters is 1. The summed E-state index contributed by atoms with van der Waals surface area (Å²) in [4.78, 5) is 24.0. The summed E-state index contributed by atoms with van der Waals surface area (Å²) in [7, 11) is 0. The lowest BCUT2D eigenvalue weighted by Crippen LogP contribution is -2.66. The Morgan fingerprint density at radius 3 is 2.30 bits per heavy atom. The van der Waals surface area contributed by atoms with Crippen molar-refractivity contribution < 1.29 is 24.5 Å². The highest BCUT2D eigenvalue weighted by atomic mass is 16.5. The van der Waals surface area contributed by atoms with Gasteiger partial charge in [0.25, 0.3) is 0 Å². The summed E-state index contributed by atoms with van der Waals surface area (Å²) in [6.45, 7) is 5.37. The fraction of sp³-hybridized carbons (Fsp3) is 0.765. The van der Waals surface area contributed by atoms with Gasteiger partial charge >= 0.3 is 5.97 Å². The molecule has 0 saturated heterocycles. The fourth-order valence-corrected chi connectivity index (χ4v) is 5.21. The quantitative estimate of drug-likeness (QED) is 0.393. The number of carbonyl (C=O) groups is 2. The first-order valence-electron chi connectivity index (χ1n) is 8.21. The van der Waals surface area contributed by atoms with Gasteiger partial charge in [-0.1, -0.05) is 6.58 Å². The molecule has 0 radical (unpaired) electrons. The van der Waals surface area contributed by atoms with Gasteiger partial charge in [0.15, 0.2) is 0 Å². The standard InChI is InChI=1S/C17H25NO5/c1-11(2)13(19)23-4-3-18-14(20)15-5-12-6-16(21,8-15)10-17(22,7-12)9-15/h12,21-22H,1,3-10H2,2H3,(H,18,20). The van der Waals surface area contributed by atoms with Crippen LogP contribution in [0.2, 0.25) is 0 Å². The van der Waals surface area contributed by atoms with Crippen LogP contribution < -0.4 is 5.32 Å². The van der Waals surface area contributed by atoms with Crippen molar-refractivity contribution in [2.45, 2.75) is 56.7 Å². The zero-order valence-electron chi connectivity index (χ0n) is 13.6. The summed E-state index contributed by atoms with van der Waals surface area (Å²) < 4.78 is 4.96. The Hall–Kier alpha value is -1.40. The van der Waals surface area contributed by atoms with Crippen molar-refractivity contribution in [3.05, 3.63) is 12.2 Å². The SMILES string of the molecule is C=C(C)C(=O)OCCNC(=O)C12CC3CC(O)(CC(O)(C3)C1)C2. The number of ether oxygens (including phenoxy) is 1. The van der Waals surface area contributed by atoms with Crippen LogP contribution in [0.3, 0.4) is 0 Å². The van der Waals surface area contributed by atoms with Crippen molar-refractivity contribution in [3.8, 4) is 0 Å². The zero-order valence-corrected chi connectivity index (χ0v) is 13.6. The van der Waals surface area contributed by atoms with E-state index in [2.05, 4.69) is 11.9 Å². The molecule has 0 aromatic heterocycles. The van der Waals surface area contributed by atoms with Gasteiger partial charge in [-0.15, -0.1) is 0 Å². The second-order valence-corrected chi connectivity index (χ2v) is 7.91. The third-order valence-electron chi connectivity index (χ3n) is 5.46. The molecule has 0 aromatic carbocycles. The Bertz CT molecular complexity index is 539. The number of rotatable bonds is 5. The fourth-order valence-electron chi connectivity index (χ4n) is 5.21. The van der Waals surface area contributed by atoms with E-state index in [4.69, 9.17) is 4.74 Å². The summed E-state index contributed by atoms with van der Waals surface area (Å²) in [5.74, 6) is -0.421. The molecule has 0 aromatic rings. The minimum atomic E-state index is -0.919. The Morgan fingerprint density at radius 2 is 1.78 bits per heavy atom. The van der Waals surface area contributed by atoms with Gasteiger partial charge in [-0.2, -0.15) is 0 Å². The van der Waals surface area contributed by atoms with Crippen molar-refractivity contribution in [3.63, 3.8) is 0 Å². The van der Waals surface area contributed by atoms with Crippen molar-refractivity contribution in [1.29, 1.82) is 0 Å². The highest BCUT2D eigenvalue weighted by molar-refractivity contribution is 5.87. The topological polar surface area (TPSA) is 95.9 Å². The summed E-state index contributed by atoms with van der Waals surface area (Å²) in [5.41, 5.74) is -2.21. The van der Waals surface area contributed by atoms with Gasteiger partial charge in [-0.3, -0.25) is 4.79 Å². The molecule has 4 saturated carbocycles. The van der Waals surface area contributed by atoms with Gasteiger partial charge in [0.1, 0.15) is 6.61 Å². The van der Waals surface area contributed by atoms with Crippen LogP contribution in [0.15, 0.2) is 12.2 Å². The molecule has 0 heterocycles. The highest BCUT2D eigenvalue weighted by Crippen LogP contribution is 2.63. The van der Waals surface area contributed by atoms with Crippen LogP contribution in [0.4, 0.5) is 0 Å². The number of aliphatic hydroxyl groups is 2. The van der Waals surface area contributed by atoms with Crippen LogP contribution in [0, 0.1) is 11.3 Å². The van der Waals surface area contributed by atoms with E-state index in [1.807, 2.05) is 0 Å². The van der Waals surface area contributed by atoms with Gasteiger partial charge in [-0.05, 0) is 44.9 Å². The average molecular weight is 323 g/mol. The minimum Gasteiger partial charge on any atom is -0.460 e. The Kier molecular flexibility index (Phi) is 3.80. The van der Waals surface area contributed by atoms with E-state index in [1.54, 1.807) is 6.92 Å². The van der Waals surface area contributed by atoms with Crippen LogP contribution in [-0.4, -0.2) is 46.4 Å². The third kappa shape index (κ3) is 3.02. The maximum absolute atomic E-state index is 12.7. The second kappa shape index (κ2) is 5.31. The number of amides is 1. The molecule has 1 amide bonds. The van der Waals surface area contributed by atoms with Crippen molar-refractivity contribution in [2.24, 2.45) is 11.3 Å². The molecule has 4 aliphatic carbocycles. The molecule has 4 bridgehead atoms. The molecular weight excluding hydrogens is 298 g/mol. The lowest BCUT2D eigenvalue weighted by molar-refractivity contribution is -0.228. The molecule has 6 heteroatoms. The van der Waals surface area contributed by atoms with E-state index >= 15 is 0 Å². The number of hydrogen-bond acceptors (Lipinski definition) is 5. The van der Waals surface area contributed by atoms with Gasteiger partial charge in [0.2, 0.25) is 5.91 Å². The van der Waals surface area contributed by atoms with E-state index in [0.717, 1.165) is 6.42 Å². The molecule has 23 heavy (non-hydrogen) atoms. The molecular formula is C17H25NO5. The number of carbonyl (C=O) groups excluding carboxylic acids is 2. The van der Waals surface area contributed by atoms with Crippen LogP contribution in [-0.2, 0) is 14.3 Å². The van der Waals surface area contributed by atoms with E-state index in [-0.39, 0.29) is 25.0 Å². The van der Waals surface area contributed by atoms with Gasteiger partial charge in [0.05, 0.1) is 23.2 Å². The summed E-state index contributed by atoms with van der Waals surface area (Å²) in [5, 5.41) is 24.1. The number of hydrogen-bond donors (Lipinski definition) is 3. The summed E-state index contributed by atoms with van der Waals surface area (Å²) in [6, 6.07) is 0. The normalized spacial score (nSPS) is 40.7. The Labute approximate surface area is 135 Å². The largest absolute Gasteiger partial charge is 0.460 e. The lowest BCUT2D eigenvalue weighted by atomic mass is 9.46. The van der Waals surface area contributed by atoms with Crippen molar-refractivity contribution >= 4 is 11.9 Å². The maximum atomic E-state index is 12.7. The average Bonchev–Trinajstić information content (AvgIpc) is 2.38. The van der Waals surface area contributed by atoms with E-state index in [0.29, 0.717) is 37.7 Å². The van der Waals surface area contributed by atoms with Crippen LogP contribution >= 0.6 is 0 Å². The molecule has 4 fully saturated rings. The lowest BCUT2D eigenvalue weighted by Gasteiger charge is -2.62. The molecule has 3 N–H and O–H groups in total. The van der Waals surface area contributed by atoms with Crippen LogP contribution in [0.1, 0.15) is 45.4 Å². The smallest absolute Gasteiger partial charge is 0.333 e. The minimum absolute atomic E-state index is 0.0888. The first kappa shape index (κ1) is 16.5. The van der Waals surface area contributed by atoms with Gasteiger partial charge < -0.3 is 20.3 Å². The van der Waals surface area contributed by atoms with E-state index in [9.17, 15) is 19.8 Å². The predicted octanol–water partition coefficient (Wildman–Crippen LogP) is 0.668. The van der Waals surface area contributed by atoms with Crippen molar-refractivity contribution in [1.82, 2.24) is 5.32 Å². The molecule has 2 unspecified atom stereocenters. The molecule has 4 rings (SSSR count). The van der Waals surface area contributed by atoms with Gasteiger partial charge in [-0.25, -0.2) is 4.79 Å². The molecule has 0 aliphatic heterocycles. The van der Waals surface area contributed by atoms with Crippen LogP contribution in [0.25, 0.3) is 0 Å². The first-order valence-corrected chi connectivity index (χ1v) is 8.21. The second-order valence-electron chi connectivity index (χ2n) is 7.91. The summed E-state index contributed by atoms with van der Waals surface area (Å²) in [6.07, 6.45) is 3.28. The maximum Gasteiger partial charge on any atom is 0.333 e. The molecule has 128 valence electrons. The van der Waals surface area contributed by atoms with Crippen molar-refractivity contribution in [2.75, 3.05) is 13.2 Å². The first-order chi connectivity index (χ1) is 10.7. The zero-order chi connectivity index (χ0) is 16.9. The number of nitrogens with one attached hydrogen (secondary N) is 1. The van der Waals surface area contributed by atoms with E-state index < -0.39 is 22.6 Å².